The molecule has 0 saturated heterocycles. The van der Waals surface area contributed by atoms with Crippen LogP contribution in [0.25, 0.3) is 0 Å². The van der Waals surface area contributed by atoms with E-state index in [9.17, 15) is 0 Å². The topological polar surface area (TPSA) is 52.5 Å². The molecule has 0 aliphatic heterocycles. The Kier molecular flexibility index (Phi) is 3.08. The predicted octanol–water partition coefficient (Wildman–Crippen LogP) is 0.718. The molecule has 0 radical (unpaired) electrons. The first-order chi connectivity index (χ1) is 5.72. The second-order valence-corrected chi connectivity index (χ2v) is 2.71. The average Bonchev–Trinajstić information content (AvgIpc) is 2.04. The summed E-state index contributed by atoms with van der Waals surface area (Å²) in [5.41, 5.74) is 1.93. The van der Waals surface area contributed by atoms with Crippen LogP contribution in [0.2, 0.25) is 0 Å². The van der Waals surface area contributed by atoms with Gasteiger partial charge in [-0.2, -0.15) is 0 Å². The first-order valence-corrected chi connectivity index (χ1v) is 3.84. The zero-order valence-corrected chi connectivity index (χ0v) is 6.99. The van der Waals surface area contributed by atoms with Crippen molar-refractivity contribution in [3.63, 3.8) is 0 Å². The first-order valence-electron chi connectivity index (χ1n) is 3.84. The lowest BCUT2D eigenvalue weighted by Crippen LogP contribution is -2.22. The highest BCUT2D eigenvalue weighted by Gasteiger charge is 1.99. The molecule has 1 unspecified atom stereocenters. The highest BCUT2D eigenvalue weighted by atomic mass is 16.3. The fourth-order valence-corrected chi connectivity index (χ4v) is 0.973. The molecular formula is C9H13NO2. The quantitative estimate of drug-likeness (QED) is 0.581. The fourth-order valence-electron chi connectivity index (χ4n) is 0.973. The molecule has 0 heterocycles. The third kappa shape index (κ3) is 2.53. The van der Waals surface area contributed by atoms with Gasteiger partial charge in [-0.25, -0.2) is 0 Å². The van der Waals surface area contributed by atoms with Crippen LogP contribution < -0.4 is 5.32 Å². The molecule has 3 heteroatoms. The van der Waals surface area contributed by atoms with Crippen LogP contribution in [-0.4, -0.2) is 23.0 Å². The van der Waals surface area contributed by atoms with Crippen LogP contribution >= 0.6 is 0 Å². The molecule has 0 aliphatic carbocycles. The van der Waals surface area contributed by atoms with Crippen LogP contribution in [0.3, 0.4) is 0 Å². The normalized spacial score (nSPS) is 12.6. The zero-order valence-electron chi connectivity index (χ0n) is 6.99. The molecule has 1 rings (SSSR count). The van der Waals surface area contributed by atoms with E-state index in [0.29, 0.717) is 0 Å². The summed E-state index contributed by atoms with van der Waals surface area (Å²) in [4.78, 5) is 0. The van der Waals surface area contributed by atoms with E-state index >= 15 is 0 Å². The number of hydrogen-bond acceptors (Lipinski definition) is 3. The van der Waals surface area contributed by atoms with Crippen LogP contribution in [0.5, 0.6) is 0 Å². The SMILES string of the molecule is Cc1cccc(NC(O)CO)c1. The molecule has 0 saturated carbocycles. The van der Waals surface area contributed by atoms with Crippen LogP contribution in [0.15, 0.2) is 24.3 Å². The molecule has 0 bridgehead atoms. The van der Waals surface area contributed by atoms with E-state index in [1.165, 1.54) is 0 Å². The maximum Gasteiger partial charge on any atom is 0.147 e. The number of nitrogens with one attached hydrogen (secondary N) is 1. The van der Waals surface area contributed by atoms with E-state index in [0.717, 1.165) is 11.3 Å². The largest absolute Gasteiger partial charge is 0.392 e. The second-order valence-electron chi connectivity index (χ2n) is 2.71. The number of benzene rings is 1. The van der Waals surface area contributed by atoms with Crippen molar-refractivity contribution in [1.82, 2.24) is 0 Å². The Morgan fingerprint density at radius 2 is 2.25 bits per heavy atom. The minimum absolute atomic E-state index is 0.284. The maximum absolute atomic E-state index is 9.04. The summed E-state index contributed by atoms with van der Waals surface area (Å²) in [6.45, 7) is 1.68. The number of aliphatic hydroxyl groups excluding tert-OH is 2. The van der Waals surface area contributed by atoms with E-state index in [1.54, 1.807) is 0 Å². The lowest BCUT2D eigenvalue weighted by molar-refractivity contribution is 0.117. The van der Waals surface area contributed by atoms with Gasteiger partial charge in [0.15, 0.2) is 0 Å². The van der Waals surface area contributed by atoms with Gasteiger partial charge >= 0.3 is 0 Å². The van der Waals surface area contributed by atoms with Gasteiger partial charge in [0.25, 0.3) is 0 Å². The Labute approximate surface area is 71.7 Å². The van der Waals surface area contributed by atoms with Gasteiger partial charge in [-0.15, -0.1) is 0 Å². The van der Waals surface area contributed by atoms with E-state index in [1.807, 2.05) is 31.2 Å². The molecule has 1 aromatic rings. The lowest BCUT2D eigenvalue weighted by Gasteiger charge is -2.11. The molecule has 0 aliphatic rings. The summed E-state index contributed by atoms with van der Waals surface area (Å²) in [6.07, 6.45) is -0.883. The van der Waals surface area contributed by atoms with Crippen molar-refractivity contribution in [2.75, 3.05) is 11.9 Å². The monoisotopic (exact) mass is 167 g/mol. The van der Waals surface area contributed by atoms with Gasteiger partial charge < -0.3 is 15.5 Å². The molecule has 12 heavy (non-hydrogen) atoms. The van der Waals surface area contributed by atoms with Crippen LogP contribution in [-0.2, 0) is 0 Å². The first kappa shape index (κ1) is 9.03. The Morgan fingerprint density at radius 3 is 2.83 bits per heavy atom. The molecule has 0 amide bonds. The van der Waals surface area contributed by atoms with Crippen molar-refractivity contribution in [3.8, 4) is 0 Å². The van der Waals surface area contributed by atoms with Crippen molar-refractivity contribution >= 4 is 5.69 Å². The summed E-state index contributed by atoms with van der Waals surface area (Å²) in [5, 5.41) is 20.3. The molecular weight excluding hydrogens is 154 g/mol. The van der Waals surface area contributed by atoms with Crippen molar-refractivity contribution in [1.29, 1.82) is 0 Å². The van der Waals surface area contributed by atoms with E-state index in [2.05, 4.69) is 5.32 Å². The number of hydrogen-bond donors (Lipinski definition) is 3. The standard InChI is InChI=1S/C9H13NO2/c1-7-3-2-4-8(5-7)10-9(12)6-11/h2-5,9-12H,6H2,1H3. The molecule has 1 aromatic carbocycles. The zero-order chi connectivity index (χ0) is 8.97. The molecule has 0 spiro atoms. The minimum atomic E-state index is -0.883. The third-order valence-electron chi connectivity index (χ3n) is 1.52. The number of aliphatic hydroxyl groups is 2. The molecule has 66 valence electrons. The highest BCUT2D eigenvalue weighted by molar-refractivity contribution is 5.45. The van der Waals surface area contributed by atoms with Crippen molar-refractivity contribution in [2.45, 2.75) is 13.2 Å². The van der Waals surface area contributed by atoms with Crippen LogP contribution in [0.1, 0.15) is 5.56 Å². The van der Waals surface area contributed by atoms with E-state index in [4.69, 9.17) is 10.2 Å². The molecule has 0 fully saturated rings. The van der Waals surface area contributed by atoms with Gasteiger partial charge in [0.05, 0.1) is 6.61 Å². The average molecular weight is 167 g/mol. The van der Waals surface area contributed by atoms with E-state index in [-0.39, 0.29) is 6.61 Å². The van der Waals surface area contributed by atoms with Crippen molar-refractivity contribution < 1.29 is 10.2 Å². The number of rotatable bonds is 3. The van der Waals surface area contributed by atoms with Crippen molar-refractivity contribution in [2.24, 2.45) is 0 Å². The smallest absolute Gasteiger partial charge is 0.147 e. The maximum atomic E-state index is 9.04. The summed E-state index contributed by atoms with van der Waals surface area (Å²) in [5.74, 6) is 0. The molecule has 1 atom stereocenters. The van der Waals surface area contributed by atoms with Crippen molar-refractivity contribution in [3.05, 3.63) is 29.8 Å². The second kappa shape index (κ2) is 4.09. The lowest BCUT2D eigenvalue weighted by atomic mass is 10.2. The third-order valence-corrected chi connectivity index (χ3v) is 1.52. The fraction of sp³-hybridized carbons (Fsp3) is 0.333. The Bertz CT molecular complexity index is 250. The summed E-state index contributed by atoms with van der Waals surface area (Å²) < 4.78 is 0. The van der Waals surface area contributed by atoms with Gasteiger partial charge in [-0.05, 0) is 24.6 Å². The highest BCUT2D eigenvalue weighted by Crippen LogP contribution is 2.09. The van der Waals surface area contributed by atoms with Gasteiger partial charge in [-0.1, -0.05) is 12.1 Å². The minimum Gasteiger partial charge on any atom is -0.392 e. The van der Waals surface area contributed by atoms with Gasteiger partial charge in [0.2, 0.25) is 0 Å². The summed E-state index contributed by atoms with van der Waals surface area (Å²) in [6, 6.07) is 7.60. The van der Waals surface area contributed by atoms with E-state index < -0.39 is 6.23 Å². The van der Waals surface area contributed by atoms with Gasteiger partial charge in [0, 0.05) is 5.69 Å². The van der Waals surface area contributed by atoms with Crippen LogP contribution in [0, 0.1) is 6.92 Å². The Morgan fingerprint density at radius 1 is 1.50 bits per heavy atom. The summed E-state index contributed by atoms with van der Waals surface area (Å²) >= 11 is 0. The number of anilines is 1. The Hall–Kier alpha value is -1.06. The van der Waals surface area contributed by atoms with Gasteiger partial charge in [-0.3, -0.25) is 0 Å². The van der Waals surface area contributed by atoms with Gasteiger partial charge in [0.1, 0.15) is 6.23 Å². The van der Waals surface area contributed by atoms with Crippen LogP contribution in [0.4, 0.5) is 5.69 Å². The molecule has 0 aromatic heterocycles. The predicted molar refractivity (Wildman–Crippen MR) is 47.9 cm³/mol. The summed E-state index contributed by atoms with van der Waals surface area (Å²) in [7, 11) is 0. The number of aryl methyl sites for hydroxylation is 1. The molecule has 3 N–H and O–H groups in total. The molecule has 3 nitrogen and oxygen atoms in total. The Balaban J connectivity index is 2.63.